The van der Waals surface area contributed by atoms with Gasteiger partial charge in [-0.1, -0.05) is 6.07 Å². The molecular weight excluding hydrogens is 405 g/mol. The van der Waals surface area contributed by atoms with Crippen LogP contribution < -0.4 is 10.0 Å². The smallest absolute Gasteiger partial charge is 0.322 e. The molecule has 1 amide bonds. The molecule has 1 aromatic carbocycles. The quantitative estimate of drug-likeness (QED) is 0.749. The predicted molar refractivity (Wildman–Crippen MR) is 95.3 cm³/mol. The summed E-state index contributed by atoms with van der Waals surface area (Å²) in [4.78, 5) is 13.0. The molecule has 0 spiro atoms. The van der Waals surface area contributed by atoms with Gasteiger partial charge in [-0.3, -0.25) is 14.4 Å². The molecule has 2 heterocycles. The lowest BCUT2D eigenvalue weighted by Gasteiger charge is -2.38. The van der Waals surface area contributed by atoms with Gasteiger partial charge in [0, 0.05) is 24.2 Å². The second-order valence-electron chi connectivity index (χ2n) is 6.03. The molecule has 0 unspecified atom stereocenters. The summed E-state index contributed by atoms with van der Waals surface area (Å²) in [6.07, 6.45) is -2.94. The Bertz CT molecular complexity index is 911. The third-order valence-corrected chi connectivity index (χ3v) is 6.12. The third kappa shape index (κ3) is 5.17. The van der Waals surface area contributed by atoms with Crippen LogP contribution in [0.5, 0.6) is 0 Å². The second kappa shape index (κ2) is 7.44. The van der Waals surface area contributed by atoms with Crippen molar-refractivity contribution < 1.29 is 26.4 Å². The van der Waals surface area contributed by atoms with Crippen LogP contribution in [0.2, 0.25) is 0 Å². The Balaban J connectivity index is 1.60. The van der Waals surface area contributed by atoms with Crippen molar-refractivity contribution in [3.8, 4) is 0 Å². The average molecular weight is 420 g/mol. The largest absolute Gasteiger partial charge is 0.401 e. The van der Waals surface area contributed by atoms with Crippen molar-refractivity contribution in [1.29, 1.82) is 0 Å². The van der Waals surface area contributed by atoms with Crippen molar-refractivity contribution in [3.63, 3.8) is 0 Å². The number of carbonyl (C=O) groups excluding carboxylic acids is 1. The fraction of sp³-hybridized carbons (Fsp3) is 0.333. The molecule has 0 radical (unpaired) electrons. The first kappa shape index (κ1) is 19.6. The molecule has 2 aromatic rings. The summed E-state index contributed by atoms with van der Waals surface area (Å²) in [7, 11) is -3.83. The number of carbonyl (C=O) groups is 1. The van der Waals surface area contributed by atoms with E-state index in [9.17, 15) is 26.4 Å². The summed E-state index contributed by atoms with van der Waals surface area (Å²) in [5.74, 6) is -0.384. The summed E-state index contributed by atoms with van der Waals surface area (Å²) in [5.41, 5.74) is 0.967. The number of sulfonamides is 1. The number of halogens is 3. The van der Waals surface area contributed by atoms with Crippen LogP contribution in [0.25, 0.3) is 0 Å². The number of hydrogen-bond acceptors (Lipinski definition) is 6. The lowest BCUT2D eigenvalue weighted by Crippen LogP contribution is -2.58. The highest BCUT2D eigenvalue weighted by Gasteiger charge is 2.42. The van der Waals surface area contributed by atoms with Crippen LogP contribution in [0.15, 0.2) is 35.8 Å². The summed E-state index contributed by atoms with van der Waals surface area (Å²) in [5, 5.41) is 3.27. The molecule has 1 fully saturated rings. The Morgan fingerprint density at radius 2 is 2.00 bits per heavy atom. The highest BCUT2D eigenvalue weighted by Crippen LogP contribution is 2.25. The number of hydrogen-bond donors (Lipinski definition) is 2. The van der Waals surface area contributed by atoms with E-state index < -0.39 is 28.0 Å². The molecule has 3 rings (SSSR count). The fourth-order valence-corrected chi connectivity index (χ4v) is 4.48. The number of likely N-dealkylation sites (tertiary alicyclic amines) is 1. The van der Waals surface area contributed by atoms with Gasteiger partial charge in [0.15, 0.2) is 0 Å². The number of nitrogens with one attached hydrogen (secondary N) is 2. The van der Waals surface area contributed by atoms with Crippen LogP contribution >= 0.6 is 11.5 Å². The molecule has 0 saturated carbocycles. The van der Waals surface area contributed by atoms with Crippen molar-refractivity contribution in [2.45, 2.75) is 11.4 Å². The normalized spacial score (nSPS) is 16.0. The number of amides is 1. The molecule has 7 nitrogen and oxygen atoms in total. The van der Waals surface area contributed by atoms with E-state index in [-0.39, 0.29) is 24.7 Å². The second-order valence-corrected chi connectivity index (χ2v) is 8.64. The standard InChI is InChI=1S/C15H15F3N4O3S2/c16-15(17,18)9-22-6-13(7-22)27(24,25)21-12-3-1-2-11(4-12)20-14(23)10-5-19-26-8-10/h1-5,8,13,21H,6-7,9H2,(H,20,23). The lowest BCUT2D eigenvalue weighted by atomic mass is 10.2. The van der Waals surface area contributed by atoms with E-state index in [2.05, 4.69) is 14.4 Å². The summed E-state index contributed by atoms with van der Waals surface area (Å²) in [6.45, 7) is -1.50. The average Bonchev–Trinajstić information content (AvgIpc) is 3.03. The Morgan fingerprint density at radius 1 is 1.30 bits per heavy atom. The van der Waals surface area contributed by atoms with E-state index >= 15 is 0 Å². The van der Waals surface area contributed by atoms with Gasteiger partial charge in [0.25, 0.3) is 5.91 Å². The maximum atomic E-state index is 12.3. The predicted octanol–water partition coefficient (Wildman–Crippen LogP) is 2.38. The minimum Gasteiger partial charge on any atom is -0.322 e. The van der Waals surface area contributed by atoms with Gasteiger partial charge in [0.2, 0.25) is 10.0 Å². The first-order chi connectivity index (χ1) is 12.6. The van der Waals surface area contributed by atoms with Crippen LogP contribution in [0.4, 0.5) is 24.5 Å². The zero-order chi connectivity index (χ0) is 19.7. The Hall–Kier alpha value is -2.18. The van der Waals surface area contributed by atoms with Crippen molar-refractivity contribution >= 4 is 38.8 Å². The molecule has 2 N–H and O–H groups in total. The SMILES string of the molecule is O=C(Nc1cccc(NS(=O)(=O)C2CN(CC(F)(F)F)C2)c1)c1cnsc1. The molecule has 1 aromatic heterocycles. The van der Waals surface area contributed by atoms with Crippen LogP contribution in [0, 0.1) is 0 Å². The Kier molecular flexibility index (Phi) is 5.40. The lowest BCUT2D eigenvalue weighted by molar-refractivity contribution is -0.152. The van der Waals surface area contributed by atoms with Crippen LogP contribution in [-0.4, -0.2) is 54.7 Å². The molecule has 146 valence electrons. The van der Waals surface area contributed by atoms with Crippen LogP contribution in [-0.2, 0) is 10.0 Å². The van der Waals surface area contributed by atoms with Gasteiger partial charge in [-0.2, -0.15) is 13.2 Å². The van der Waals surface area contributed by atoms with Gasteiger partial charge < -0.3 is 5.32 Å². The van der Waals surface area contributed by atoms with Crippen molar-refractivity contribution in [3.05, 3.63) is 41.4 Å². The number of nitrogens with zero attached hydrogens (tertiary/aromatic N) is 2. The number of benzene rings is 1. The molecule has 0 atom stereocenters. The highest BCUT2D eigenvalue weighted by molar-refractivity contribution is 7.93. The molecule has 1 aliphatic heterocycles. The molecule has 27 heavy (non-hydrogen) atoms. The van der Waals surface area contributed by atoms with Crippen molar-refractivity contribution in [2.24, 2.45) is 0 Å². The number of rotatable bonds is 6. The number of anilines is 2. The van der Waals surface area contributed by atoms with Gasteiger partial charge in [0.1, 0.15) is 5.25 Å². The highest BCUT2D eigenvalue weighted by atomic mass is 32.2. The fourth-order valence-electron chi connectivity index (χ4n) is 2.53. The minimum atomic E-state index is -4.35. The molecule has 0 aliphatic carbocycles. The maximum Gasteiger partial charge on any atom is 0.401 e. The molecule has 1 aliphatic rings. The van der Waals surface area contributed by atoms with Crippen LogP contribution in [0.3, 0.4) is 0 Å². The van der Waals surface area contributed by atoms with E-state index in [1.807, 2.05) is 0 Å². The summed E-state index contributed by atoms with van der Waals surface area (Å²) >= 11 is 1.13. The van der Waals surface area contributed by atoms with E-state index in [4.69, 9.17) is 0 Å². The van der Waals surface area contributed by atoms with Gasteiger partial charge >= 0.3 is 6.18 Å². The zero-order valence-corrected chi connectivity index (χ0v) is 15.4. The van der Waals surface area contributed by atoms with Gasteiger partial charge in [-0.05, 0) is 29.7 Å². The Labute approximate surface area is 157 Å². The van der Waals surface area contributed by atoms with E-state index in [1.165, 1.54) is 18.3 Å². The topological polar surface area (TPSA) is 91.4 Å². The van der Waals surface area contributed by atoms with Gasteiger partial charge in [0.05, 0.1) is 24.0 Å². The molecular formula is C15H15F3N4O3S2. The maximum absolute atomic E-state index is 12.3. The molecule has 0 bridgehead atoms. The van der Waals surface area contributed by atoms with Crippen molar-refractivity contribution in [1.82, 2.24) is 9.27 Å². The number of alkyl halides is 3. The first-order valence-corrected chi connectivity index (χ1v) is 10.1. The molecule has 12 heteroatoms. The Morgan fingerprint density at radius 3 is 2.63 bits per heavy atom. The van der Waals surface area contributed by atoms with E-state index in [0.29, 0.717) is 11.3 Å². The van der Waals surface area contributed by atoms with Crippen LogP contribution in [0.1, 0.15) is 10.4 Å². The minimum absolute atomic E-state index is 0.184. The van der Waals surface area contributed by atoms with Crippen molar-refractivity contribution in [2.75, 3.05) is 29.7 Å². The monoisotopic (exact) mass is 420 g/mol. The van der Waals surface area contributed by atoms with E-state index in [1.54, 1.807) is 17.5 Å². The van der Waals surface area contributed by atoms with E-state index in [0.717, 1.165) is 16.4 Å². The number of aromatic nitrogens is 1. The molecule has 1 saturated heterocycles. The zero-order valence-electron chi connectivity index (χ0n) is 13.7. The first-order valence-electron chi connectivity index (χ1n) is 7.74. The third-order valence-electron chi connectivity index (χ3n) is 3.84. The summed E-state index contributed by atoms with van der Waals surface area (Å²) in [6, 6.07) is 6.06. The van der Waals surface area contributed by atoms with Gasteiger partial charge in [-0.25, -0.2) is 12.8 Å². The van der Waals surface area contributed by atoms with Gasteiger partial charge in [-0.15, -0.1) is 0 Å². The summed E-state index contributed by atoms with van der Waals surface area (Å²) < 4.78 is 67.7.